The van der Waals surface area contributed by atoms with Crippen LogP contribution in [0.5, 0.6) is 17.2 Å². The summed E-state index contributed by atoms with van der Waals surface area (Å²) in [4.78, 5) is 29.8. The van der Waals surface area contributed by atoms with E-state index in [1.54, 1.807) is 43.5 Å². The molecule has 1 amide bonds. The average molecular weight is 746 g/mol. The lowest BCUT2D eigenvalue weighted by Crippen LogP contribution is -2.19. The smallest absolute Gasteiger partial charge is 0.347 e. The molecule has 8 nitrogen and oxygen atoms in total. The highest BCUT2D eigenvalue weighted by atomic mass is 79.9. The molecule has 1 aromatic heterocycles. The molecule has 0 aliphatic heterocycles. The first-order chi connectivity index (χ1) is 20.7. The van der Waals surface area contributed by atoms with Crippen molar-refractivity contribution >= 4 is 84.1 Å². The van der Waals surface area contributed by atoms with Gasteiger partial charge in [-0.15, -0.1) is 0 Å². The van der Waals surface area contributed by atoms with Crippen LogP contribution in [0.15, 0.2) is 86.8 Å². The summed E-state index contributed by atoms with van der Waals surface area (Å²) in [6.45, 7) is 0. The van der Waals surface area contributed by atoms with E-state index in [1.165, 1.54) is 19.4 Å². The number of hydrogen-bond donors (Lipinski definition) is 2. The molecule has 0 saturated carbocycles. The van der Waals surface area contributed by atoms with Crippen LogP contribution in [0, 0.1) is 0 Å². The van der Waals surface area contributed by atoms with Gasteiger partial charge < -0.3 is 19.2 Å². The average Bonchev–Trinajstić information content (AvgIpc) is 3.38. The maximum absolute atomic E-state index is 13.5. The maximum Gasteiger partial charge on any atom is 0.347 e. The van der Waals surface area contributed by atoms with Gasteiger partial charge in [-0.1, -0.05) is 69.5 Å². The molecule has 0 spiro atoms. The number of rotatable bonds is 8. The third kappa shape index (κ3) is 6.42. The number of para-hydroxylation sites is 1. The molecule has 0 fully saturated rings. The first-order valence-electron chi connectivity index (χ1n) is 12.5. The SMILES string of the molecule is COc1ccc(Cl)cc1C(=O)Oc1c(Br)cc(Br)cc1C=NNC(=O)c1[nH]c2c(OC)cccc2c1-c1ccccc1Cl. The number of hydrogen-bond acceptors (Lipinski definition) is 6. The Morgan fingerprint density at radius 1 is 0.930 bits per heavy atom. The van der Waals surface area contributed by atoms with Crippen LogP contribution in [0.4, 0.5) is 0 Å². The van der Waals surface area contributed by atoms with Crippen molar-refractivity contribution in [2.24, 2.45) is 5.10 Å². The predicted octanol–water partition coefficient (Wildman–Crippen LogP) is 8.67. The molecule has 5 rings (SSSR count). The highest BCUT2D eigenvalue weighted by Gasteiger charge is 2.23. The number of aromatic amines is 1. The van der Waals surface area contributed by atoms with E-state index >= 15 is 0 Å². The van der Waals surface area contributed by atoms with Gasteiger partial charge in [0.25, 0.3) is 5.91 Å². The van der Waals surface area contributed by atoms with Gasteiger partial charge in [0.05, 0.1) is 30.4 Å². The molecule has 0 bridgehead atoms. The highest BCUT2D eigenvalue weighted by Crippen LogP contribution is 2.39. The van der Waals surface area contributed by atoms with Crippen molar-refractivity contribution in [3.8, 4) is 28.4 Å². The standard InChI is InChI=1S/C31H21Br2Cl2N3O5/c1-41-24-11-10-18(34)14-21(24)31(40)43-29-16(12-17(32)13-22(29)33)15-36-38-30(39)28-26(19-6-3-4-8-23(19)35)20-7-5-9-25(42-2)27(20)37-28/h3-15,37H,1-2H3,(H,38,39). The molecule has 218 valence electrons. The molecule has 0 atom stereocenters. The molecular formula is C31H21Br2Cl2N3O5. The fourth-order valence-corrected chi connectivity index (χ4v) is 6.20. The highest BCUT2D eigenvalue weighted by molar-refractivity contribution is 9.11. The number of H-pyrrole nitrogens is 1. The first kappa shape index (κ1) is 30.6. The van der Waals surface area contributed by atoms with Crippen LogP contribution in [0.1, 0.15) is 26.4 Å². The zero-order valence-corrected chi connectivity index (χ0v) is 27.2. The van der Waals surface area contributed by atoms with Crippen molar-refractivity contribution in [2.75, 3.05) is 14.2 Å². The number of amides is 1. The number of carbonyl (C=O) groups is 2. The van der Waals surface area contributed by atoms with E-state index < -0.39 is 11.9 Å². The predicted molar refractivity (Wildman–Crippen MR) is 175 cm³/mol. The lowest BCUT2D eigenvalue weighted by atomic mass is 10.0. The fraction of sp³-hybridized carbons (Fsp3) is 0.0645. The minimum atomic E-state index is -0.697. The summed E-state index contributed by atoms with van der Waals surface area (Å²) >= 11 is 19.5. The van der Waals surface area contributed by atoms with Gasteiger partial charge in [0.2, 0.25) is 0 Å². The van der Waals surface area contributed by atoms with E-state index in [9.17, 15) is 9.59 Å². The van der Waals surface area contributed by atoms with Gasteiger partial charge >= 0.3 is 5.97 Å². The number of hydrazone groups is 1. The number of nitrogens with one attached hydrogen (secondary N) is 2. The molecule has 12 heteroatoms. The van der Waals surface area contributed by atoms with E-state index in [4.69, 9.17) is 37.4 Å². The first-order valence-corrected chi connectivity index (χ1v) is 14.9. The lowest BCUT2D eigenvalue weighted by Gasteiger charge is -2.12. The molecule has 2 N–H and O–H groups in total. The largest absolute Gasteiger partial charge is 0.496 e. The summed E-state index contributed by atoms with van der Waals surface area (Å²) in [6.07, 6.45) is 1.36. The summed E-state index contributed by atoms with van der Waals surface area (Å²) in [6, 6.07) is 20.8. The Labute approximate surface area is 273 Å². The summed E-state index contributed by atoms with van der Waals surface area (Å²) in [5, 5.41) is 5.75. The topological polar surface area (TPSA) is 102 Å². The second-order valence-corrected chi connectivity index (χ2v) is 11.6. The Morgan fingerprint density at radius 3 is 2.44 bits per heavy atom. The van der Waals surface area contributed by atoms with E-state index in [0.717, 1.165) is 5.39 Å². The molecule has 4 aromatic carbocycles. The number of ether oxygens (including phenoxy) is 3. The van der Waals surface area contributed by atoms with Gasteiger partial charge in [0.1, 0.15) is 22.8 Å². The van der Waals surface area contributed by atoms with Crippen molar-refractivity contribution < 1.29 is 23.8 Å². The van der Waals surface area contributed by atoms with Crippen molar-refractivity contribution in [3.05, 3.63) is 109 Å². The molecule has 0 aliphatic rings. The Hall–Kier alpha value is -3.83. The van der Waals surface area contributed by atoms with Gasteiger partial charge in [0, 0.05) is 36.6 Å². The zero-order chi connectivity index (χ0) is 30.7. The Bertz CT molecular complexity index is 1910. The minimum absolute atomic E-state index is 0.141. The molecule has 0 radical (unpaired) electrons. The van der Waals surface area contributed by atoms with Crippen LogP contribution < -0.4 is 19.6 Å². The van der Waals surface area contributed by atoms with Gasteiger partial charge in [-0.25, -0.2) is 10.2 Å². The maximum atomic E-state index is 13.5. The summed E-state index contributed by atoms with van der Waals surface area (Å²) < 4.78 is 17.7. The van der Waals surface area contributed by atoms with Gasteiger partial charge in [-0.2, -0.15) is 5.10 Å². The van der Waals surface area contributed by atoms with Crippen LogP contribution in [-0.2, 0) is 0 Å². The number of carbonyl (C=O) groups excluding carboxylic acids is 2. The van der Waals surface area contributed by atoms with Crippen LogP contribution >= 0.6 is 55.1 Å². The van der Waals surface area contributed by atoms with E-state index in [2.05, 4.69) is 47.4 Å². The zero-order valence-electron chi connectivity index (χ0n) is 22.5. The number of benzene rings is 4. The number of aromatic nitrogens is 1. The van der Waals surface area contributed by atoms with Crippen molar-refractivity contribution in [3.63, 3.8) is 0 Å². The van der Waals surface area contributed by atoms with E-state index in [0.29, 0.717) is 52.7 Å². The summed E-state index contributed by atoms with van der Waals surface area (Å²) in [5.74, 6) is -0.192. The fourth-order valence-electron chi connectivity index (χ4n) is 4.46. The molecule has 0 aliphatic carbocycles. The Morgan fingerprint density at radius 2 is 1.70 bits per heavy atom. The Balaban J connectivity index is 1.48. The monoisotopic (exact) mass is 743 g/mol. The molecular weight excluding hydrogens is 725 g/mol. The van der Waals surface area contributed by atoms with Crippen LogP contribution in [0.2, 0.25) is 10.0 Å². The van der Waals surface area contributed by atoms with Crippen molar-refractivity contribution in [1.82, 2.24) is 10.4 Å². The van der Waals surface area contributed by atoms with Gasteiger partial charge in [-0.3, -0.25) is 4.79 Å². The number of esters is 1. The van der Waals surface area contributed by atoms with E-state index in [1.807, 2.05) is 30.3 Å². The van der Waals surface area contributed by atoms with Gasteiger partial charge in [-0.05, 0) is 58.4 Å². The van der Waals surface area contributed by atoms with Crippen LogP contribution in [-0.4, -0.2) is 37.3 Å². The number of fused-ring (bicyclic) bond motifs is 1. The normalized spacial score (nSPS) is 11.1. The van der Waals surface area contributed by atoms with Crippen molar-refractivity contribution in [1.29, 1.82) is 0 Å². The minimum Gasteiger partial charge on any atom is -0.496 e. The number of methoxy groups -OCH3 is 2. The van der Waals surface area contributed by atoms with Crippen molar-refractivity contribution in [2.45, 2.75) is 0 Å². The molecule has 5 aromatic rings. The second-order valence-electron chi connectivity index (χ2n) is 8.98. The van der Waals surface area contributed by atoms with Crippen LogP contribution in [0.3, 0.4) is 0 Å². The number of halogens is 4. The molecule has 0 saturated heterocycles. The lowest BCUT2D eigenvalue weighted by molar-refractivity contribution is 0.0729. The molecule has 1 heterocycles. The van der Waals surface area contributed by atoms with Crippen LogP contribution in [0.25, 0.3) is 22.0 Å². The molecule has 0 unspecified atom stereocenters. The summed E-state index contributed by atoms with van der Waals surface area (Å²) in [5.41, 5.74) is 5.23. The molecule has 43 heavy (non-hydrogen) atoms. The Kier molecular flexibility index (Phi) is 9.41. The van der Waals surface area contributed by atoms with Gasteiger partial charge in [0.15, 0.2) is 5.75 Å². The quantitative estimate of drug-likeness (QED) is 0.0717. The second kappa shape index (κ2) is 13.2. The third-order valence-corrected chi connectivity index (χ3v) is 7.98. The van der Waals surface area contributed by atoms with E-state index in [-0.39, 0.29) is 17.0 Å². The summed E-state index contributed by atoms with van der Waals surface area (Å²) in [7, 11) is 2.99. The third-order valence-electron chi connectivity index (χ3n) is 6.37. The number of nitrogens with zero attached hydrogens (tertiary/aromatic N) is 1.